The summed E-state index contributed by atoms with van der Waals surface area (Å²) in [4.78, 5) is 15.2. The fraction of sp³-hybridized carbons (Fsp3) is 0.345. The first-order valence-electron chi connectivity index (χ1n) is 12.4. The molecule has 8 heteroatoms. The SMILES string of the molecule is CCOc1ccc(N(CCCc2ccc(C(F)(F)F)cc2)[C@H](C(=O)NC)c2ccccc2)cc1OCC. The molecule has 0 spiro atoms. The number of nitrogens with zero attached hydrogens (tertiary/aromatic N) is 1. The Hall–Kier alpha value is -3.68. The Balaban J connectivity index is 1.93. The minimum Gasteiger partial charge on any atom is -0.490 e. The van der Waals surface area contributed by atoms with Crippen LogP contribution < -0.4 is 19.7 Å². The van der Waals surface area contributed by atoms with Crippen molar-refractivity contribution in [3.63, 3.8) is 0 Å². The third-order valence-electron chi connectivity index (χ3n) is 5.93. The van der Waals surface area contributed by atoms with Crippen molar-refractivity contribution in [1.82, 2.24) is 5.32 Å². The maximum absolute atomic E-state index is 13.2. The fourth-order valence-electron chi connectivity index (χ4n) is 4.18. The number of halogens is 3. The summed E-state index contributed by atoms with van der Waals surface area (Å²) < 4.78 is 50.3. The maximum atomic E-state index is 13.2. The minimum absolute atomic E-state index is 0.174. The van der Waals surface area contributed by atoms with E-state index in [1.54, 1.807) is 7.05 Å². The Bertz CT molecular complexity index is 1140. The third kappa shape index (κ3) is 7.41. The van der Waals surface area contributed by atoms with Gasteiger partial charge in [-0.1, -0.05) is 42.5 Å². The predicted octanol–water partition coefficient (Wildman–Crippen LogP) is 6.43. The lowest BCUT2D eigenvalue weighted by Crippen LogP contribution is -2.40. The van der Waals surface area contributed by atoms with Gasteiger partial charge in [0.1, 0.15) is 6.04 Å². The van der Waals surface area contributed by atoms with Crippen LogP contribution in [0.2, 0.25) is 0 Å². The summed E-state index contributed by atoms with van der Waals surface area (Å²) in [5.41, 5.74) is 1.73. The molecule has 0 fully saturated rings. The molecule has 0 saturated carbocycles. The van der Waals surface area contributed by atoms with Crippen molar-refractivity contribution in [3.05, 3.63) is 89.5 Å². The number of likely N-dealkylation sites (N-methyl/N-ethyl adjacent to an activating group) is 1. The number of nitrogens with one attached hydrogen (secondary N) is 1. The number of anilines is 1. The first-order valence-corrected chi connectivity index (χ1v) is 12.4. The van der Waals surface area contributed by atoms with E-state index in [9.17, 15) is 18.0 Å². The molecule has 3 aromatic rings. The Morgan fingerprint density at radius 1 is 0.919 bits per heavy atom. The van der Waals surface area contributed by atoms with Crippen molar-refractivity contribution in [2.24, 2.45) is 0 Å². The van der Waals surface area contributed by atoms with Gasteiger partial charge in [0.25, 0.3) is 0 Å². The summed E-state index contributed by atoms with van der Waals surface area (Å²) in [6.07, 6.45) is -3.19. The molecular weight excluding hydrogens is 481 g/mol. The highest BCUT2D eigenvalue weighted by Gasteiger charge is 2.30. The van der Waals surface area contributed by atoms with Crippen LogP contribution in [0.5, 0.6) is 11.5 Å². The Kier molecular flexibility index (Phi) is 9.83. The molecule has 0 radical (unpaired) electrons. The molecule has 0 heterocycles. The number of rotatable bonds is 12. The topological polar surface area (TPSA) is 50.8 Å². The van der Waals surface area contributed by atoms with Gasteiger partial charge in [0.2, 0.25) is 5.91 Å². The zero-order valence-corrected chi connectivity index (χ0v) is 21.3. The number of hydrogen-bond acceptors (Lipinski definition) is 4. The standard InChI is InChI=1S/C29H33F3N2O3/c1-4-36-25-18-17-24(20-26(25)37-5-2)34(27(28(35)33-3)22-11-7-6-8-12-22)19-9-10-21-13-15-23(16-14-21)29(30,31)32/h6-8,11-18,20,27H,4-5,9-10,19H2,1-3H3,(H,33,35)/t27-/m0/s1. The van der Waals surface area contributed by atoms with Crippen LogP contribution in [0.3, 0.4) is 0 Å². The fourth-order valence-corrected chi connectivity index (χ4v) is 4.18. The molecule has 3 rings (SSSR count). The summed E-state index contributed by atoms with van der Waals surface area (Å²) in [6.45, 7) is 5.21. The van der Waals surface area contributed by atoms with Crippen LogP contribution in [0.15, 0.2) is 72.8 Å². The number of hydrogen-bond donors (Lipinski definition) is 1. The number of amides is 1. The van der Waals surface area contributed by atoms with Crippen LogP contribution in [0.4, 0.5) is 18.9 Å². The highest BCUT2D eigenvalue weighted by atomic mass is 19.4. The smallest absolute Gasteiger partial charge is 0.416 e. The van der Waals surface area contributed by atoms with Crippen molar-refractivity contribution >= 4 is 11.6 Å². The summed E-state index contributed by atoms with van der Waals surface area (Å²) >= 11 is 0. The molecule has 37 heavy (non-hydrogen) atoms. The lowest BCUT2D eigenvalue weighted by atomic mass is 10.0. The molecule has 3 aromatic carbocycles. The van der Waals surface area contributed by atoms with E-state index in [2.05, 4.69) is 5.32 Å². The van der Waals surface area contributed by atoms with E-state index in [-0.39, 0.29) is 5.91 Å². The van der Waals surface area contributed by atoms with Gasteiger partial charge in [-0.05, 0) is 62.1 Å². The van der Waals surface area contributed by atoms with E-state index in [0.717, 1.165) is 28.9 Å². The zero-order valence-electron chi connectivity index (χ0n) is 21.3. The molecule has 5 nitrogen and oxygen atoms in total. The van der Waals surface area contributed by atoms with Gasteiger partial charge in [0.15, 0.2) is 11.5 Å². The van der Waals surface area contributed by atoms with Crippen molar-refractivity contribution in [1.29, 1.82) is 0 Å². The van der Waals surface area contributed by atoms with Gasteiger partial charge in [-0.25, -0.2) is 0 Å². The second-order valence-corrected chi connectivity index (χ2v) is 8.42. The summed E-state index contributed by atoms with van der Waals surface area (Å²) in [5.74, 6) is 1.03. The second kappa shape index (κ2) is 13.0. The van der Waals surface area contributed by atoms with E-state index < -0.39 is 17.8 Å². The van der Waals surface area contributed by atoms with Gasteiger partial charge in [0.05, 0.1) is 18.8 Å². The zero-order chi connectivity index (χ0) is 26.8. The van der Waals surface area contributed by atoms with Crippen LogP contribution in [0.25, 0.3) is 0 Å². The predicted molar refractivity (Wildman–Crippen MR) is 139 cm³/mol. The molecule has 1 atom stereocenters. The van der Waals surface area contributed by atoms with Crippen LogP contribution in [-0.2, 0) is 17.4 Å². The van der Waals surface area contributed by atoms with E-state index in [4.69, 9.17) is 9.47 Å². The summed E-state index contributed by atoms with van der Waals surface area (Å²) in [5, 5.41) is 2.77. The highest BCUT2D eigenvalue weighted by molar-refractivity contribution is 5.86. The monoisotopic (exact) mass is 514 g/mol. The number of carbonyl (C=O) groups is 1. The second-order valence-electron chi connectivity index (χ2n) is 8.42. The first-order chi connectivity index (χ1) is 17.8. The van der Waals surface area contributed by atoms with Crippen LogP contribution >= 0.6 is 0 Å². The number of alkyl halides is 3. The highest BCUT2D eigenvalue weighted by Crippen LogP contribution is 2.36. The molecule has 0 saturated heterocycles. The molecule has 0 aliphatic heterocycles. The van der Waals surface area contributed by atoms with Crippen LogP contribution in [0, 0.1) is 0 Å². The Morgan fingerprint density at radius 2 is 1.57 bits per heavy atom. The largest absolute Gasteiger partial charge is 0.490 e. The average Bonchev–Trinajstić information content (AvgIpc) is 2.89. The van der Waals surface area contributed by atoms with Gasteiger partial charge in [-0.2, -0.15) is 13.2 Å². The van der Waals surface area contributed by atoms with Crippen LogP contribution in [-0.4, -0.2) is 32.7 Å². The van der Waals surface area contributed by atoms with E-state index in [0.29, 0.717) is 44.1 Å². The number of carbonyl (C=O) groups excluding carboxylic acids is 1. The van der Waals surface area contributed by atoms with Gasteiger partial charge in [0, 0.05) is 25.3 Å². The molecule has 0 unspecified atom stereocenters. The van der Waals surface area contributed by atoms with Crippen molar-refractivity contribution in [3.8, 4) is 11.5 Å². The molecule has 0 aliphatic rings. The van der Waals surface area contributed by atoms with E-state index in [1.807, 2.05) is 67.3 Å². The summed E-state index contributed by atoms with van der Waals surface area (Å²) in [6, 6.07) is 19.7. The van der Waals surface area contributed by atoms with Crippen molar-refractivity contribution < 1.29 is 27.4 Å². The van der Waals surface area contributed by atoms with E-state index >= 15 is 0 Å². The van der Waals surface area contributed by atoms with Crippen molar-refractivity contribution in [2.75, 3.05) is 31.7 Å². The third-order valence-corrected chi connectivity index (χ3v) is 5.93. The molecule has 1 N–H and O–H groups in total. The number of ether oxygens (including phenoxy) is 2. The van der Waals surface area contributed by atoms with Gasteiger partial charge in [-0.3, -0.25) is 4.79 Å². The maximum Gasteiger partial charge on any atom is 0.416 e. The lowest BCUT2D eigenvalue weighted by Gasteiger charge is -2.33. The van der Waals surface area contributed by atoms with Crippen LogP contribution in [0.1, 0.15) is 43.0 Å². The normalized spacial score (nSPS) is 12.1. The summed E-state index contributed by atoms with van der Waals surface area (Å²) in [7, 11) is 1.60. The molecule has 198 valence electrons. The van der Waals surface area contributed by atoms with Crippen molar-refractivity contribution in [2.45, 2.75) is 38.9 Å². The van der Waals surface area contributed by atoms with Gasteiger partial charge < -0.3 is 19.7 Å². The number of aryl methyl sites for hydroxylation is 1. The average molecular weight is 515 g/mol. The Labute approximate surface area is 216 Å². The minimum atomic E-state index is -4.36. The molecular formula is C29H33F3N2O3. The molecule has 0 aliphatic carbocycles. The number of benzene rings is 3. The molecule has 0 bridgehead atoms. The molecule has 0 aromatic heterocycles. The van der Waals surface area contributed by atoms with E-state index in [1.165, 1.54) is 12.1 Å². The first kappa shape index (κ1) is 27.9. The van der Waals surface area contributed by atoms with Gasteiger partial charge >= 0.3 is 6.18 Å². The molecule has 1 amide bonds. The Morgan fingerprint density at radius 3 is 2.16 bits per heavy atom. The quantitative estimate of drug-likeness (QED) is 0.303. The lowest BCUT2D eigenvalue weighted by molar-refractivity contribution is -0.137. The van der Waals surface area contributed by atoms with Gasteiger partial charge in [-0.15, -0.1) is 0 Å².